The summed E-state index contributed by atoms with van der Waals surface area (Å²) in [6, 6.07) is 6.21. The zero-order valence-electron chi connectivity index (χ0n) is 11.0. The molecular formula is C13H15FN2OS2. The van der Waals surface area contributed by atoms with Gasteiger partial charge in [0.25, 0.3) is 6.17 Å². The van der Waals surface area contributed by atoms with E-state index in [2.05, 4.69) is 0 Å². The summed E-state index contributed by atoms with van der Waals surface area (Å²) in [6.45, 7) is 3.91. The molecule has 1 aromatic carbocycles. The molecule has 1 aliphatic heterocycles. The Hall–Kier alpha value is -1.14. The Morgan fingerprint density at radius 2 is 2.11 bits per heavy atom. The molecule has 1 fully saturated rings. The van der Waals surface area contributed by atoms with Crippen molar-refractivity contribution in [2.45, 2.75) is 24.8 Å². The molecule has 1 heterocycles. The fourth-order valence-electron chi connectivity index (χ4n) is 2.18. The van der Waals surface area contributed by atoms with Crippen molar-refractivity contribution in [2.24, 2.45) is 0 Å². The molecule has 0 amide bonds. The van der Waals surface area contributed by atoms with Gasteiger partial charge in [-0.2, -0.15) is 4.74 Å². The number of hydrogen-bond acceptors (Lipinski definition) is 3. The Bertz CT molecular complexity index is 545. The number of thiocarbonyl (C=S) groups is 1. The fraction of sp³-hybridized carbons (Fsp3) is 0.385. The lowest BCUT2D eigenvalue weighted by molar-refractivity contribution is -0.522. The second-order valence-electron chi connectivity index (χ2n) is 4.97. The van der Waals surface area contributed by atoms with Gasteiger partial charge >= 0.3 is 0 Å². The van der Waals surface area contributed by atoms with Crippen LogP contribution in [0.15, 0.2) is 24.3 Å². The van der Waals surface area contributed by atoms with Gasteiger partial charge < -0.3 is 10.1 Å². The molecule has 1 aliphatic rings. The van der Waals surface area contributed by atoms with Crippen molar-refractivity contribution in [3.05, 3.63) is 40.9 Å². The maximum absolute atomic E-state index is 13.6. The molecule has 2 rings (SSSR count). The normalized spacial score (nSPS) is 22.9. The van der Waals surface area contributed by atoms with Crippen LogP contribution in [0.3, 0.4) is 0 Å². The van der Waals surface area contributed by atoms with Crippen LogP contribution in [-0.4, -0.2) is 38.1 Å². The van der Waals surface area contributed by atoms with Crippen molar-refractivity contribution in [3.8, 4) is 0 Å². The van der Waals surface area contributed by atoms with Crippen LogP contribution in [-0.2, 0) is 0 Å². The second-order valence-corrected chi connectivity index (χ2v) is 7.25. The molecule has 0 radical (unpaired) electrons. The highest BCUT2D eigenvalue weighted by Gasteiger charge is 2.48. The van der Waals surface area contributed by atoms with Crippen LogP contribution in [0.5, 0.6) is 0 Å². The number of hydrogen-bond donors (Lipinski definition) is 0. The van der Waals surface area contributed by atoms with E-state index in [1.165, 1.54) is 24.0 Å². The van der Waals surface area contributed by atoms with E-state index in [4.69, 9.17) is 12.2 Å². The molecule has 0 saturated carbocycles. The average molecular weight is 298 g/mol. The minimum Gasteiger partial charge on any atom is -0.622 e. The lowest BCUT2D eigenvalue weighted by Gasteiger charge is -2.27. The van der Waals surface area contributed by atoms with E-state index in [0.717, 1.165) is 4.74 Å². The zero-order valence-corrected chi connectivity index (χ0v) is 12.6. The molecule has 19 heavy (non-hydrogen) atoms. The molecule has 102 valence electrons. The summed E-state index contributed by atoms with van der Waals surface area (Å²) in [5, 5.41) is 12.3. The number of halogens is 1. The summed E-state index contributed by atoms with van der Waals surface area (Å²) in [5.74, 6) is -0.406. The Kier molecular flexibility index (Phi) is 3.82. The second kappa shape index (κ2) is 5.09. The molecule has 1 saturated heterocycles. The van der Waals surface area contributed by atoms with Gasteiger partial charge in [0, 0.05) is 7.05 Å². The largest absolute Gasteiger partial charge is 0.622 e. The molecule has 0 aliphatic carbocycles. The van der Waals surface area contributed by atoms with Gasteiger partial charge in [-0.1, -0.05) is 36.1 Å². The van der Waals surface area contributed by atoms with Crippen molar-refractivity contribution < 1.29 is 9.13 Å². The minimum absolute atomic E-state index is 0.282. The Morgan fingerprint density at radius 3 is 2.63 bits per heavy atom. The number of nitrogens with zero attached hydrogens (tertiary/aromatic N) is 2. The average Bonchev–Trinajstić information content (AvgIpc) is 2.51. The number of benzene rings is 1. The third-order valence-electron chi connectivity index (χ3n) is 3.04. The molecule has 3 nitrogen and oxygen atoms in total. The molecule has 1 aromatic rings. The quantitative estimate of drug-likeness (QED) is 0.276. The zero-order chi connectivity index (χ0) is 14.2. The van der Waals surface area contributed by atoms with E-state index in [0.29, 0.717) is 4.32 Å². The van der Waals surface area contributed by atoms with Crippen molar-refractivity contribution in [2.75, 3.05) is 7.05 Å². The molecule has 1 atom stereocenters. The maximum Gasteiger partial charge on any atom is 0.254 e. The van der Waals surface area contributed by atoms with Crippen LogP contribution in [0, 0.1) is 11.0 Å². The summed E-state index contributed by atoms with van der Waals surface area (Å²) < 4.78 is 14.7. The highest BCUT2D eigenvalue weighted by Crippen LogP contribution is 2.40. The van der Waals surface area contributed by atoms with Gasteiger partial charge in [0.05, 0.1) is 5.56 Å². The Labute approximate surface area is 121 Å². The summed E-state index contributed by atoms with van der Waals surface area (Å²) in [4.78, 5) is 1.75. The van der Waals surface area contributed by atoms with Crippen molar-refractivity contribution in [3.63, 3.8) is 0 Å². The molecule has 1 unspecified atom stereocenters. The highest BCUT2D eigenvalue weighted by atomic mass is 32.2. The standard InChI is InChI=1S/C13H15FN2OS2/c1-13(2)11(15(3)12(18)19-13)16(17)8-9-6-4-5-7-10(9)14/h4-8,11H,1-3H3/b16-8-. The molecule has 0 aromatic heterocycles. The SMILES string of the molecule is CN1C(=S)SC(C)(C)C1/[N+]([O-])=C/c1ccccc1F. The Balaban J connectivity index is 2.36. The summed E-state index contributed by atoms with van der Waals surface area (Å²) in [5.41, 5.74) is 0.282. The van der Waals surface area contributed by atoms with Gasteiger partial charge in [0.2, 0.25) is 0 Å². The van der Waals surface area contributed by atoms with E-state index in [1.54, 1.807) is 30.1 Å². The van der Waals surface area contributed by atoms with Crippen LogP contribution < -0.4 is 0 Å². The van der Waals surface area contributed by atoms with Crippen LogP contribution in [0.2, 0.25) is 0 Å². The van der Waals surface area contributed by atoms with Crippen LogP contribution in [0.1, 0.15) is 19.4 Å². The van der Waals surface area contributed by atoms with Gasteiger partial charge in [0.15, 0.2) is 6.21 Å². The first kappa shape index (κ1) is 14.3. The van der Waals surface area contributed by atoms with Crippen molar-refractivity contribution in [1.82, 2.24) is 4.90 Å². The smallest absolute Gasteiger partial charge is 0.254 e. The van der Waals surface area contributed by atoms with Gasteiger partial charge in [0.1, 0.15) is 14.9 Å². The van der Waals surface area contributed by atoms with Crippen LogP contribution in [0.25, 0.3) is 0 Å². The van der Waals surface area contributed by atoms with Gasteiger partial charge in [-0.3, -0.25) is 0 Å². The fourth-order valence-corrected chi connectivity index (χ4v) is 3.99. The topological polar surface area (TPSA) is 29.3 Å². The van der Waals surface area contributed by atoms with Gasteiger partial charge in [-0.05, 0) is 26.0 Å². The molecular weight excluding hydrogens is 283 g/mol. The van der Waals surface area contributed by atoms with E-state index in [-0.39, 0.29) is 10.3 Å². The number of hydroxylamine groups is 1. The number of rotatable bonds is 2. The third kappa shape index (κ3) is 2.74. The van der Waals surface area contributed by atoms with E-state index in [9.17, 15) is 9.60 Å². The number of thioether (sulfide) groups is 1. The summed E-state index contributed by atoms with van der Waals surface area (Å²) in [6.07, 6.45) is 0.844. The minimum atomic E-state index is -0.440. The van der Waals surface area contributed by atoms with Crippen molar-refractivity contribution >= 4 is 34.5 Å². The Morgan fingerprint density at radius 1 is 1.47 bits per heavy atom. The van der Waals surface area contributed by atoms with Crippen LogP contribution in [0.4, 0.5) is 4.39 Å². The summed E-state index contributed by atoms with van der Waals surface area (Å²) >= 11 is 6.70. The van der Waals surface area contributed by atoms with E-state index >= 15 is 0 Å². The molecule has 6 heteroatoms. The molecule has 0 spiro atoms. The molecule has 0 N–H and O–H groups in total. The van der Waals surface area contributed by atoms with Crippen molar-refractivity contribution in [1.29, 1.82) is 0 Å². The maximum atomic E-state index is 13.6. The van der Waals surface area contributed by atoms with Gasteiger partial charge in [-0.25, -0.2) is 4.39 Å². The first-order valence-electron chi connectivity index (χ1n) is 5.83. The lowest BCUT2D eigenvalue weighted by atomic mass is 10.1. The predicted octanol–water partition coefficient (Wildman–Crippen LogP) is 2.82. The first-order valence-corrected chi connectivity index (χ1v) is 7.06. The lowest BCUT2D eigenvalue weighted by Crippen LogP contribution is -2.46. The first-order chi connectivity index (χ1) is 8.83. The predicted molar refractivity (Wildman–Crippen MR) is 81.0 cm³/mol. The molecule has 0 bridgehead atoms. The summed E-state index contributed by atoms with van der Waals surface area (Å²) in [7, 11) is 1.79. The highest BCUT2D eigenvalue weighted by molar-refractivity contribution is 8.24. The van der Waals surface area contributed by atoms with E-state index in [1.807, 2.05) is 13.8 Å². The monoisotopic (exact) mass is 298 g/mol. The van der Waals surface area contributed by atoms with E-state index < -0.39 is 12.0 Å². The third-order valence-corrected chi connectivity index (χ3v) is 4.78. The van der Waals surface area contributed by atoms with Gasteiger partial charge in [-0.15, -0.1) is 0 Å². The van der Waals surface area contributed by atoms with Crippen LogP contribution >= 0.6 is 24.0 Å².